The molecule has 0 spiro atoms. The number of nitrogens with one attached hydrogen (secondary N) is 1. The minimum Gasteiger partial charge on any atom is -0.338 e. The van der Waals surface area contributed by atoms with Crippen molar-refractivity contribution in [2.75, 3.05) is 43.4 Å². The van der Waals surface area contributed by atoms with Crippen LogP contribution in [-0.4, -0.2) is 63.8 Å². The Balaban J connectivity index is 1.61. The minimum atomic E-state index is -0.0971. The van der Waals surface area contributed by atoms with Gasteiger partial charge in [-0.15, -0.1) is 0 Å². The van der Waals surface area contributed by atoms with E-state index in [0.717, 1.165) is 26.2 Å². The number of benzene rings is 1. The molecule has 1 N–H and O–H groups in total. The normalized spacial score (nSPS) is 14.8. The highest BCUT2D eigenvalue weighted by Crippen LogP contribution is 2.25. The van der Waals surface area contributed by atoms with Gasteiger partial charge in [0.25, 0.3) is 0 Å². The van der Waals surface area contributed by atoms with Crippen molar-refractivity contribution in [2.45, 2.75) is 39.5 Å². The molecule has 0 amide bonds. The van der Waals surface area contributed by atoms with Gasteiger partial charge in [0.1, 0.15) is 11.6 Å². The standard InChI is InChI=1S/C26H33N7O/c1-6-21-28-24(31-25(29-21)33-16-14-32(5)15-17-33)30-23-20(8-7-13-27-23)22(34)18-9-11-19(12-10-18)26(2,3)4/h7-13H,6,14-17H2,1-5H3,(H,27,28,29,30,31). The molecule has 1 aromatic carbocycles. The molecule has 34 heavy (non-hydrogen) atoms. The van der Waals surface area contributed by atoms with E-state index in [4.69, 9.17) is 0 Å². The Bertz CT molecular complexity index is 1150. The maximum Gasteiger partial charge on any atom is 0.233 e. The summed E-state index contributed by atoms with van der Waals surface area (Å²) in [7, 11) is 2.12. The number of likely N-dealkylation sites (N-methyl/N-ethyl adjacent to an activating group) is 1. The Labute approximate surface area is 201 Å². The number of hydrogen-bond acceptors (Lipinski definition) is 8. The molecule has 8 nitrogen and oxygen atoms in total. The van der Waals surface area contributed by atoms with Crippen LogP contribution in [0, 0.1) is 0 Å². The van der Waals surface area contributed by atoms with E-state index in [-0.39, 0.29) is 11.2 Å². The number of piperazine rings is 1. The number of carbonyl (C=O) groups excluding carboxylic acids is 1. The number of ketones is 1. The van der Waals surface area contributed by atoms with Crippen molar-refractivity contribution in [1.29, 1.82) is 0 Å². The van der Waals surface area contributed by atoms with Crippen LogP contribution in [-0.2, 0) is 11.8 Å². The highest BCUT2D eigenvalue weighted by molar-refractivity contribution is 6.12. The van der Waals surface area contributed by atoms with E-state index in [1.54, 1.807) is 18.3 Å². The first-order valence-corrected chi connectivity index (χ1v) is 11.8. The quantitative estimate of drug-likeness (QED) is 0.556. The summed E-state index contributed by atoms with van der Waals surface area (Å²) in [6.07, 6.45) is 2.34. The van der Waals surface area contributed by atoms with E-state index >= 15 is 0 Å². The zero-order valence-corrected chi connectivity index (χ0v) is 20.7. The molecule has 0 unspecified atom stereocenters. The lowest BCUT2D eigenvalue weighted by Crippen LogP contribution is -2.45. The van der Waals surface area contributed by atoms with Gasteiger partial charge in [-0.1, -0.05) is 52.0 Å². The van der Waals surface area contributed by atoms with E-state index < -0.39 is 0 Å². The maximum absolute atomic E-state index is 13.3. The zero-order valence-electron chi connectivity index (χ0n) is 20.7. The van der Waals surface area contributed by atoms with Crippen molar-refractivity contribution < 1.29 is 4.79 Å². The van der Waals surface area contributed by atoms with Crippen molar-refractivity contribution in [3.8, 4) is 0 Å². The molecule has 0 saturated carbocycles. The molecule has 3 aromatic rings. The van der Waals surface area contributed by atoms with Crippen LogP contribution in [0.25, 0.3) is 0 Å². The van der Waals surface area contributed by atoms with E-state index in [9.17, 15) is 4.79 Å². The Kier molecular flexibility index (Phi) is 6.88. The van der Waals surface area contributed by atoms with Crippen molar-refractivity contribution in [3.05, 3.63) is 65.1 Å². The minimum absolute atomic E-state index is 0.0275. The van der Waals surface area contributed by atoms with Crippen LogP contribution < -0.4 is 10.2 Å². The highest BCUT2D eigenvalue weighted by atomic mass is 16.1. The number of anilines is 3. The van der Waals surface area contributed by atoms with Gasteiger partial charge in [0, 0.05) is 44.4 Å². The molecule has 1 aliphatic heterocycles. The summed E-state index contributed by atoms with van der Waals surface area (Å²) < 4.78 is 0. The summed E-state index contributed by atoms with van der Waals surface area (Å²) in [5.74, 6) is 2.10. The van der Waals surface area contributed by atoms with E-state index in [1.807, 2.05) is 31.2 Å². The third kappa shape index (κ3) is 5.39. The number of carbonyl (C=O) groups is 1. The molecular weight excluding hydrogens is 426 g/mol. The van der Waals surface area contributed by atoms with Gasteiger partial charge in [-0.3, -0.25) is 4.79 Å². The third-order valence-corrected chi connectivity index (χ3v) is 6.07. The monoisotopic (exact) mass is 459 g/mol. The number of hydrogen-bond donors (Lipinski definition) is 1. The van der Waals surface area contributed by atoms with Gasteiger partial charge < -0.3 is 15.1 Å². The summed E-state index contributed by atoms with van der Waals surface area (Å²) >= 11 is 0. The third-order valence-electron chi connectivity index (χ3n) is 6.07. The molecule has 2 aromatic heterocycles. The SMILES string of the molecule is CCc1nc(Nc2ncccc2C(=O)c2ccc(C(C)(C)C)cc2)nc(N2CCN(C)CC2)n1. The second-order valence-corrected chi connectivity index (χ2v) is 9.70. The lowest BCUT2D eigenvalue weighted by atomic mass is 9.86. The second-order valence-electron chi connectivity index (χ2n) is 9.70. The molecule has 4 rings (SSSR count). The van der Waals surface area contributed by atoms with Crippen LogP contribution in [0.5, 0.6) is 0 Å². The first kappa shape index (κ1) is 23.8. The lowest BCUT2D eigenvalue weighted by Gasteiger charge is -2.32. The van der Waals surface area contributed by atoms with E-state index in [1.165, 1.54) is 5.56 Å². The lowest BCUT2D eigenvalue weighted by molar-refractivity contribution is 0.103. The fourth-order valence-electron chi connectivity index (χ4n) is 3.84. The molecule has 3 heterocycles. The smallest absolute Gasteiger partial charge is 0.233 e. The first-order chi connectivity index (χ1) is 16.2. The zero-order chi connectivity index (χ0) is 24.3. The average Bonchev–Trinajstić information content (AvgIpc) is 2.83. The highest BCUT2D eigenvalue weighted by Gasteiger charge is 2.21. The van der Waals surface area contributed by atoms with Crippen molar-refractivity contribution in [1.82, 2.24) is 24.8 Å². The molecule has 178 valence electrons. The van der Waals surface area contributed by atoms with Crippen LogP contribution in [0.1, 0.15) is 55.0 Å². The molecule has 0 aliphatic carbocycles. The molecule has 1 saturated heterocycles. The number of aromatic nitrogens is 4. The summed E-state index contributed by atoms with van der Waals surface area (Å²) in [6.45, 7) is 12.1. The van der Waals surface area contributed by atoms with Gasteiger partial charge in [0.15, 0.2) is 5.78 Å². The van der Waals surface area contributed by atoms with E-state index in [2.05, 4.69) is 62.9 Å². The molecule has 8 heteroatoms. The fraction of sp³-hybridized carbons (Fsp3) is 0.423. The average molecular weight is 460 g/mol. The van der Waals surface area contributed by atoms with Crippen molar-refractivity contribution >= 4 is 23.5 Å². The number of aryl methyl sites for hydroxylation is 1. The predicted molar refractivity (Wildman–Crippen MR) is 135 cm³/mol. The summed E-state index contributed by atoms with van der Waals surface area (Å²) in [4.78, 5) is 36.1. The molecular formula is C26H33N7O. The maximum atomic E-state index is 13.3. The van der Waals surface area contributed by atoms with Gasteiger partial charge in [-0.05, 0) is 30.2 Å². The van der Waals surface area contributed by atoms with Gasteiger partial charge in [0.2, 0.25) is 11.9 Å². The van der Waals surface area contributed by atoms with Crippen LogP contribution >= 0.6 is 0 Å². The Hall–Kier alpha value is -3.39. The summed E-state index contributed by atoms with van der Waals surface area (Å²) in [5, 5.41) is 3.19. The second kappa shape index (κ2) is 9.85. The van der Waals surface area contributed by atoms with Gasteiger partial charge in [-0.2, -0.15) is 15.0 Å². The summed E-state index contributed by atoms with van der Waals surface area (Å²) in [6, 6.07) is 11.3. The number of rotatable bonds is 6. The molecule has 0 radical (unpaired) electrons. The van der Waals surface area contributed by atoms with Crippen molar-refractivity contribution in [3.63, 3.8) is 0 Å². The first-order valence-electron chi connectivity index (χ1n) is 11.8. The fourth-order valence-corrected chi connectivity index (χ4v) is 3.84. The Morgan fingerprint density at radius 3 is 2.35 bits per heavy atom. The molecule has 0 atom stereocenters. The van der Waals surface area contributed by atoms with Crippen LogP contribution in [0.3, 0.4) is 0 Å². The van der Waals surface area contributed by atoms with Crippen LogP contribution in [0.4, 0.5) is 17.7 Å². The largest absolute Gasteiger partial charge is 0.338 e. The number of pyridine rings is 1. The van der Waals surface area contributed by atoms with E-state index in [0.29, 0.717) is 41.1 Å². The predicted octanol–water partition coefficient (Wildman–Crippen LogP) is 3.85. The Morgan fingerprint density at radius 1 is 1.00 bits per heavy atom. The molecule has 0 bridgehead atoms. The number of nitrogens with zero attached hydrogens (tertiary/aromatic N) is 6. The van der Waals surface area contributed by atoms with Crippen molar-refractivity contribution in [2.24, 2.45) is 0 Å². The Morgan fingerprint density at radius 2 is 1.71 bits per heavy atom. The van der Waals surface area contributed by atoms with Gasteiger partial charge in [-0.25, -0.2) is 4.98 Å². The van der Waals surface area contributed by atoms with Crippen LogP contribution in [0.2, 0.25) is 0 Å². The van der Waals surface area contributed by atoms with Gasteiger partial charge >= 0.3 is 0 Å². The summed E-state index contributed by atoms with van der Waals surface area (Å²) in [5.41, 5.74) is 2.31. The van der Waals surface area contributed by atoms with Crippen LogP contribution in [0.15, 0.2) is 42.6 Å². The molecule has 1 aliphatic rings. The van der Waals surface area contributed by atoms with Gasteiger partial charge in [0.05, 0.1) is 5.56 Å². The molecule has 1 fully saturated rings. The topological polar surface area (TPSA) is 87.1 Å².